The van der Waals surface area contributed by atoms with Crippen molar-refractivity contribution in [2.45, 2.75) is 90.8 Å². The van der Waals surface area contributed by atoms with Gasteiger partial charge in [0.2, 0.25) is 0 Å². The van der Waals surface area contributed by atoms with Crippen LogP contribution in [0.15, 0.2) is 53.5 Å². The molecule has 1 aromatic heterocycles. The molecule has 1 unspecified atom stereocenters. The van der Waals surface area contributed by atoms with E-state index in [4.69, 9.17) is 4.99 Å². The van der Waals surface area contributed by atoms with Gasteiger partial charge in [0.25, 0.3) is 11.8 Å². The molecule has 0 radical (unpaired) electrons. The maximum Gasteiger partial charge on any atom is 0.573 e. The molecule has 240 valence electrons. The average Bonchev–Trinajstić information content (AvgIpc) is 3.61. The summed E-state index contributed by atoms with van der Waals surface area (Å²) in [5, 5.41) is 16.3. The molecule has 10 nitrogen and oxygen atoms in total. The molecule has 1 saturated carbocycles. The molecule has 1 atom stereocenters. The van der Waals surface area contributed by atoms with Crippen LogP contribution in [-0.2, 0) is 11.3 Å². The topological polar surface area (TPSA) is 125 Å². The fourth-order valence-corrected chi connectivity index (χ4v) is 6.44. The second-order valence-electron chi connectivity index (χ2n) is 12.8. The molecule has 1 fully saturated rings. The monoisotopic (exact) mass is 625 g/mol. The van der Waals surface area contributed by atoms with E-state index in [1.165, 1.54) is 24.3 Å². The molecule has 45 heavy (non-hydrogen) atoms. The van der Waals surface area contributed by atoms with Crippen molar-refractivity contribution >= 4 is 17.5 Å². The number of ether oxygens (including phenoxy) is 1. The lowest BCUT2D eigenvalue weighted by Gasteiger charge is -2.47. The summed E-state index contributed by atoms with van der Waals surface area (Å²) in [6.07, 6.45) is -0.220. The maximum atomic E-state index is 14.3. The number of alkyl halides is 3. The third-order valence-corrected chi connectivity index (χ3v) is 8.79. The number of hydrogen-bond donors (Lipinski definition) is 2. The first-order valence-corrected chi connectivity index (χ1v) is 15.2. The first-order chi connectivity index (χ1) is 21.3. The predicted molar refractivity (Wildman–Crippen MR) is 160 cm³/mol. The van der Waals surface area contributed by atoms with Crippen LogP contribution in [0.25, 0.3) is 0 Å². The standard InChI is InChI=1S/C32H38F3N7O3/c1-5-6-25(20-7-9-22(10-8-20)28(43)36-19-26-38-40-41-39-26)42-29(44)27(21-11-13-24(14-12-21)45-32(33,34)35)37-31(42)17-15-23(16-18-31)30(2,3)4/h7-14,23,25H,5-6,15-19H2,1-4H3,(H,36,43)(H,38,39,40,41). The van der Waals surface area contributed by atoms with E-state index in [1.807, 2.05) is 17.0 Å². The number of aromatic nitrogens is 4. The number of rotatable bonds is 9. The highest BCUT2D eigenvalue weighted by molar-refractivity contribution is 6.46. The van der Waals surface area contributed by atoms with Crippen LogP contribution >= 0.6 is 0 Å². The van der Waals surface area contributed by atoms with Crippen molar-refractivity contribution < 1.29 is 27.5 Å². The molecule has 0 saturated heterocycles. The SMILES string of the molecule is CCCC(c1ccc(C(=O)NCc2nn[nH]n2)cc1)N1C(=O)C(c2ccc(OC(F)(F)F)cc2)=NC12CCC(C(C)(C)C)CC2. The summed E-state index contributed by atoms with van der Waals surface area (Å²) in [6, 6.07) is 12.2. The molecule has 2 N–H and O–H groups in total. The van der Waals surface area contributed by atoms with Crippen LogP contribution in [0.1, 0.15) is 99.6 Å². The normalized spacial score (nSPS) is 21.1. The average molecular weight is 626 g/mol. The molecule has 13 heteroatoms. The van der Waals surface area contributed by atoms with Gasteiger partial charge in [0.15, 0.2) is 5.82 Å². The zero-order valence-electron chi connectivity index (χ0n) is 25.8. The Balaban J connectivity index is 1.44. The van der Waals surface area contributed by atoms with Gasteiger partial charge < -0.3 is 15.0 Å². The Bertz CT molecular complexity index is 1510. The quantitative estimate of drug-likeness (QED) is 0.295. The summed E-state index contributed by atoms with van der Waals surface area (Å²) < 4.78 is 42.3. The maximum absolute atomic E-state index is 14.3. The largest absolute Gasteiger partial charge is 0.573 e. The lowest BCUT2D eigenvalue weighted by Crippen LogP contribution is -2.51. The van der Waals surface area contributed by atoms with Gasteiger partial charge in [-0.15, -0.1) is 23.4 Å². The second kappa shape index (κ2) is 12.6. The molecule has 2 aliphatic rings. The van der Waals surface area contributed by atoms with Gasteiger partial charge in [-0.25, -0.2) is 0 Å². The van der Waals surface area contributed by atoms with Crippen molar-refractivity contribution in [3.8, 4) is 5.75 Å². The number of H-pyrrole nitrogens is 1. The summed E-state index contributed by atoms with van der Waals surface area (Å²) in [5.74, 6) is -0.0848. The van der Waals surface area contributed by atoms with Crippen LogP contribution in [-0.4, -0.2) is 55.1 Å². The Morgan fingerprint density at radius 3 is 2.31 bits per heavy atom. The third-order valence-electron chi connectivity index (χ3n) is 8.79. The highest BCUT2D eigenvalue weighted by Gasteiger charge is 2.52. The lowest BCUT2D eigenvalue weighted by atomic mass is 9.69. The highest BCUT2D eigenvalue weighted by atomic mass is 19.4. The van der Waals surface area contributed by atoms with Crippen molar-refractivity contribution in [2.75, 3.05) is 0 Å². The minimum Gasteiger partial charge on any atom is -0.406 e. The molecule has 0 bridgehead atoms. The number of carbonyl (C=O) groups is 2. The Hall–Kier alpha value is -4.29. The van der Waals surface area contributed by atoms with Crippen LogP contribution in [0.3, 0.4) is 0 Å². The van der Waals surface area contributed by atoms with Crippen LogP contribution < -0.4 is 10.1 Å². The van der Waals surface area contributed by atoms with E-state index in [2.05, 4.69) is 58.4 Å². The summed E-state index contributed by atoms with van der Waals surface area (Å²) in [4.78, 5) is 34.1. The van der Waals surface area contributed by atoms with Crippen LogP contribution in [0, 0.1) is 11.3 Å². The van der Waals surface area contributed by atoms with Gasteiger partial charge in [-0.1, -0.05) is 51.5 Å². The smallest absolute Gasteiger partial charge is 0.406 e. The molecule has 2 heterocycles. The number of aliphatic imine (C=N–C) groups is 1. The van der Waals surface area contributed by atoms with Crippen molar-refractivity contribution in [2.24, 2.45) is 16.3 Å². The van der Waals surface area contributed by atoms with E-state index < -0.39 is 12.0 Å². The molecule has 2 aromatic carbocycles. The number of benzene rings is 2. The van der Waals surface area contributed by atoms with Crippen molar-refractivity contribution in [3.63, 3.8) is 0 Å². The lowest BCUT2D eigenvalue weighted by molar-refractivity contribution is -0.274. The fraction of sp³-hybridized carbons (Fsp3) is 0.500. The van der Waals surface area contributed by atoms with Gasteiger partial charge in [0.1, 0.15) is 17.1 Å². The van der Waals surface area contributed by atoms with Crippen LogP contribution in [0.4, 0.5) is 13.2 Å². The van der Waals surface area contributed by atoms with E-state index >= 15 is 0 Å². The summed E-state index contributed by atoms with van der Waals surface area (Å²) in [7, 11) is 0. The van der Waals surface area contributed by atoms with Crippen molar-refractivity contribution in [3.05, 3.63) is 71.0 Å². The van der Waals surface area contributed by atoms with Gasteiger partial charge in [-0.3, -0.25) is 14.6 Å². The van der Waals surface area contributed by atoms with Crippen molar-refractivity contribution in [1.82, 2.24) is 30.8 Å². The van der Waals surface area contributed by atoms with Gasteiger partial charge in [0.05, 0.1) is 12.6 Å². The zero-order valence-corrected chi connectivity index (χ0v) is 25.8. The highest BCUT2D eigenvalue weighted by Crippen LogP contribution is 2.50. The molecular weight excluding hydrogens is 587 g/mol. The summed E-state index contributed by atoms with van der Waals surface area (Å²) >= 11 is 0. The molecule has 1 aliphatic carbocycles. The number of nitrogens with zero attached hydrogens (tertiary/aromatic N) is 5. The minimum absolute atomic E-state index is 0.110. The Morgan fingerprint density at radius 2 is 1.76 bits per heavy atom. The zero-order chi connectivity index (χ0) is 32.4. The Morgan fingerprint density at radius 1 is 1.09 bits per heavy atom. The first-order valence-electron chi connectivity index (χ1n) is 15.2. The van der Waals surface area contributed by atoms with E-state index in [0.717, 1.165) is 24.8 Å². The minimum atomic E-state index is -4.81. The first kappa shape index (κ1) is 32.1. The van der Waals surface area contributed by atoms with Crippen molar-refractivity contribution in [1.29, 1.82) is 0 Å². The van der Waals surface area contributed by atoms with E-state index in [-0.39, 0.29) is 41.3 Å². The fourth-order valence-electron chi connectivity index (χ4n) is 6.44. The molecule has 3 aromatic rings. The van der Waals surface area contributed by atoms with E-state index in [0.29, 0.717) is 42.1 Å². The molecule has 1 aliphatic heterocycles. The van der Waals surface area contributed by atoms with Crippen LogP contribution in [0.2, 0.25) is 0 Å². The number of carbonyl (C=O) groups excluding carboxylic acids is 2. The number of aromatic amines is 1. The predicted octanol–water partition coefficient (Wildman–Crippen LogP) is 6.13. The summed E-state index contributed by atoms with van der Waals surface area (Å²) in [5.41, 5.74) is 1.33. The van der Waals surface area contributed by atoms with E-state index in [9.17, 15) is 22.8 Å². The number of nitrogens with one attached hydrogen (secondary N) is 2. The van der Waals surface area contributed by atoms with Gasteiger partial charge in [0, 0.05) is 11.1 Å². The number of hydrogen-bond acceptors (Lipinski definition) is 7. The number of halogens is 3. The molecule has 2 amide bonds. The van der Waals surface area contributed by atoms with Gasteiger partial charge in [-0.05, 0) is 85.4 Å². The molecular formula is C32H38F3N7O3. The third kappa shape index (κ3) is 7.18. The van der Waals surface area contributed by atoms with E-state index in [1.54, 1.807) is 12.1 Å². The van der Waals surface area contributed by atoms with Gasteiger partial charge in [-0.2, -0.15) is 5.21 Å². The van der Waals surface area contributed by atoms with Crippen LogP contribution in [0.5, 0.6) is 5.75 Å². The Labute approximate surface area is 259 Å². The second-order valence-corrected chi connectivity index (χ2v) is 12.8. The molecule has 1 spiro atoms. The summed E-state index contributed by atoms with van der Waals surface area (Å²) in [6.45, 7) is 8.86. The number of amides is 2. The number of tetrazole rings is 1. The molecule has 5 rings (SSSR count). The van der Waals surface area contributed by atoms with Gasteiger partial charge >= 0.3 is 6.36 Å². The Kier molecular flexibility index (Phi) is 8.99.